The Morgan fingerprint density at radius 2 is 2.50 bits per heavy atom. The van der Waals surface area contributed by atoms with Crippen molar-refractivity contribution >= 4 is 11.9 Å². The molecule has 130 valence electrons. The van der Waals surface area contributed by atoms with Crippen LogP contribution in [0.15, 0.2) is 40.5 Å². The Labute approximate surface area is 143 Å². The molecule has 2 aliphatic heterocycles. The highest BCUT2D eigenvalue weighted by Gasteiger charge is 2.42. The molecule has 24 heavy (non-hydrogen) atoms. The number of likely N-dealkylation sites (tertiary alicyclic amines) is 1. The number of hydrogen-bond donors (Lipinski definition) is 2. The maximum Gasteiger partial charge on any atom is 0.220 e. The highest BCUT2D eigenvalue weighted by atomic mass is 16.3. The van der Waals surface area contributed by atoms with Gasteiger partial charge in [-0.15, -0.1) is 6.58 Å². The molecule has 2 N–H and O–H groups in total. The van der Waals surface area contributed by atoms with Crippen molar-refractivity contribution < 1.29 is 9.21 Å². The largest absolute Gasteiger partial charge is 0.469 e. The normalized spacial score (nSPS) is 24.2. The molecule has 0 aromatic carbocycles. The molecule has 2 fully saturated rings. The molecule has 2 aliphatic rings. The second-order valence-electron chi connectivity index (χ2n) is 6.68. The Hall–Kier alpha value is -2.24. The monoisotopic (exact) mass is 330 g/mol. The second kappa shape index (κ2) is 7.55. The Balaban J connectivity index is 1.65. The van der Waals surface area contributed by atoms with Crippen LogP contribution in [0.3, 0.4) is 0 Å². The van der Waals surface area contributed by atoms with Crippen molar-refractivity contribution in [3.8, 4) is 0 Å². The van der Waals surface area contributed by atoms with Crippen LogP contribution in [0.2, 0.25) is 0 Å². The molecule has 3 heterocycles. The number of nitrogens with one attached hydrogen (secondary N) is 2. The number of aliphatic imine (C=N–C) groups is 1. The first-order valence-electron chi connectivity index (χ1n) is 8.64. The smallest absolute Gasteiger partial charge is 0.220 e. The molecule has 1 spiro atoms. The molecule has 0 radical (unpaired) electrons. The van der Waals surface area contributed by atoms with Crippen molar-refractivity contribution in [1.82, 2.24) is 15.5 Å². The number of carbonyl (C=O) groups excluding carboxylic acids is 1. The molecule has 0 aliphatic carbocycles. The van der Waals surface area contributed by atoms with Crippen LogP contribution in [-0.2, 0) is 11.2 Å². The molecular weight excluding hydrogens is 304 g/mol. The second-order valence-corrected chi connectivity index (χ2v) is 6.68. The van der Waals surface area contributed by atoms with Crippen molar-refractivity contribution in [3.63, 3.8) is 0 Å². The fourth-order valence-corrected chi connectivity index (χ4v) is 3.59. The van der Waals surface area contributed by atoms with Crippen LogP contribution in [0.25, 0.3) is 0 Å². The fraction of sp³-hybridized carbons (Fsp3) is 0.556. The summed E-state index contributed by atoms with van der Waals surface area (Å²) in [6, 6.07) is 3.87. The van der Waals surface area contributed by atoms with E-state index in [1.807, 2.05) is 18.2 Å². The van der Waals surface area contributed by atoms with Gasteiger partial charge in [-0.2, -0.15) is 0 Å². The molecule has 1 atom stereocenters. The lowest BCUT2D eigenvalue weighted by atomic mass is 9.79. The van der Waals surface area contributed by atoms with E-state index in [4.69, 9.17) is 9.41 Å². The van der Waals surface area contributed by atoms with Crippen molar-refractivity contribution in [1.29, 1.82) is 0 Å². The average molecular weight is 330 g/mol. The van der Waals surface area contributed by atoms with Gasteiger partial charge >= 0.3 is 0 Å². The van der Waals surface area contributed by atoms with Crippen molar-refractivity contribution in [2.75, 3.05) is 32.7 Å². The number of nitrogens with zero attached hydrogens (tertiary/aromatic N) is 2. The third-order valence-corrected chi connectivity index (χ3v) is 4.76. The molecule has 3 rings (SSSR count). The van der Waals surface area contributed by atoms with E-state index in [0.29, 0.717) is 19.5 Å². The van der Waals surface area contributed by atoms with Gasteiger partial charge in [-0.1, -0.05) is 6.08 Å². The average Bonchev–Trinajstić information content (AvgIpc) is 3.21. The molecule has 1 unspecified atom stereocenters. The van der Waals surface area contributed by atoms with Crippen molar-refractivity contribution in [2.24, 2.45) is 10.4 Å². The van der Waals surface area contributed by atoms with Crippen LogP contribution in [-0.4, -0.2) is 49.5 Å². The molecule has 6 heteroatoms. The van der Waals surface area contributed by atoms with Gasteiger partial charge < -0.3 is 20.0 Å². The summed E-state index contributed by atoms with van der Waals surface area (Å²) in [4.78, 5) is 18.7. The van der Waals surface area contributed by atoms with Crippen molar-refractivity contribution in [2.45, 2.75) is 25.7 Å². The highest BCUT2D eigenvalue weighted by Crippen LogP contribution is 2.35. The van der Waals surface area contributed by atoms with E-state index in [2.05, 4.69) is 22.1 Å². The van der Waals surface area contributed by atoms with E-state index in [1.54, 1.807) is 6.26 Å². The summed E-state index contributed by atoms with van der Waals surface area (Å²) in [5, 5.41) is 6.35. The lowest BCUT2D eigenvalue weighted by Gasteiger charge is -2.40. The zero-order valence-electron chi connectivity index (χ0n) is 14.1. The zero-order chi connectivity index (χ0) is 16.8. The van der Waals surface area contributed by atoms with E-state index in [1.165, 1.54) is 0 Å². The van der Waals surface area contributed by atoms with Gasteiger partial charge in [0.15, 0.2) is 5.96 Å². The van der Waals surface area contributed by atoms with Crippen LogP contribution in [0.4, 0.5) is 0 Å². The van der Waals surface area contributed by atoms with Crippen LogP contribution >= 0.6 is 0 Å². The third-order valence-electron chi connectivity index (χ3n) is 4.76. The predicted octanol–water partition coefficient (Wildman–Crippen LogP) is 1.56. The van der Waals surface area contributed by atoms with Gasteiger partial charge in [-0.25, -0.2) is 0 Å². The molecule has 6 nitrogen and oxygen atoms in total. The van der Waals surface area contributed by atoms with Gasteiger partial charge in [0.25, 0.3) is 0 Å². The topological polar surface area (TPSA) is 69.9 Å². The molecule has 1 amide bonds. The van der Waals surface area contributed by atoms with Crippen LogP contribution < -0.4 is 10.6 Å². The molecule has 0 bridgehead atoms. The summed E-state index contributed by atoms with van der Waals surface area (Å²) in [6.45, 7) is 7.75. The minimum Gasteiger partial charge on any atom is -0.469 e. The summed E-state index contributed by atoms with van der Waals surface area (Å²) < 4.78 is 5.36. The standard InChI is InChI=1S/C18H26N4O2/c1-2-8-19-17(20-9-6-15-5-3-11-24-15)22-10-4-7-18(14-22)12-16(23)21-13-18/h2-3,5,11H,1,4,6-10,12-14H2,(H,19,20)(H,21,23). The summed E-state index contributed by atoms with van der Waals surface area (Å²) in [5.74, 6) is 2.02. The molecule has 1 aromatic rings. The number of furan rings is 1. The maximum atomic E-state index is 11.7. The summed E-state index contributed by atoms with van der Waals surface area (Å²) in [6.07, 6.45) is 7.12. The van der Waals surface area contributed by atoms with Gasteiger partial charge in [0.1, 0.15) is 5.76 Å². The minimum atomic E-state index is 0.0625. The SMILES string of the molecule is C=CCNC(=NCCc1ccco1)N1CCCC2(CNC(=O)C2)C1. The summed E-state index contributed by atoms with van der Waals surface area (Å²) >= 11 is 0. The van der Waals surface area contributed by atoms with Gasteiger partial charge in [0, 0.05) is 51.0 Å². The van der Waals surface area contributed by atoms with E-state index in [-0.39, 0.29) is 11.3 Å². The number of amides is 1. The Kier molecular flexibility index (Phi) is 5.23. The molecule has 2 saturated heterocycles. The molecule has 1 aromatic heterocycles. The number of piperidine rings is 1. The predicted molar refractivity (Wildman–Crippen MR) is 93.8 cm³/mol. The van der Waals surface area contributed by atoms with Gasteiger partial charge in [-0.3, -0.25) is 9.79 Å². The number of carbonyl (C=O) groups is 1. The Bertz CT molecular complexity index is 596. The summed E-state index contributed by atoms with van der Waals surface area (Å²) in [5.41, 5.74) is 0.0625. The molecular formula is C18H26N4O2. The zero-order valence-corrected chi connectivity index (χ0v) is 14.1. The third kappa shape index (κ3) is 3.99. The van der Waals surface area contributed by atoms with Crippen LogP contribution in [0.1, 0.15) is 25.0 Å². The molecule has 0 saturated carbocycles. The van der Waals surface area contributed by atoms with E-state index < -0.39 is 0 Å². The van der Waals surface area contributed by atoms with E-state index in [9.17, 15) is 4.79 Å². The first-order chi connectivity index (χ1) is 11.7. The lowest BCUT2D eigenvalue weighted by molar-refractivity contribution is -0.119. The van der Waals surface area contributed by atoms with Gasteiger partial charge in [0.05, 0.1) is 6.26 Å². The quantitative estimate of drug-likeness (QED) is 0.488. The number of rotatable bonds is 5. The Morgan fingerprint density at radius 1 is 1.58 bits per heavy atom. The van der Waals surface area contributed by atoms with Crippen molar-refractivity contribution in [3.05, 3.63) is 36.8 Å². The first-order valence-corrected chi connectivity index (χ1v) is 8.64. The van der Waals surface area contributed by atoms with Gasteiger partial charge in [-0.05, 0) is 25.0 Å². The number of guanidine groups is 1. The first kappa shape index (κ1) is 16.6. The fourth-order valence-electron chi connectivity index (χ4n) is 3.59. The van der Waals surface area contributed by atoms with E-state index in [0.717, 1.165) is 50.6 Å². The Morgan fingerprint density at radius 3 is 3.21 bits per heavy atom. The van der Waals surface area contributed by atoms with Crippen LogP contribution in [0, 0.1) is 5.41 Å². The maximum absolute atomic E-state index is 11.7. The highest BCUT2D eigenvalue weighted by molar-refractivity contribution is 5.82. The minimum absolute atomic E-state index is 0.0625. The van der Waals surface area contributed by atoms with Gasteiger partial charge in [0.2, 0.25) is 5.91 Å². The lowest BCUT2D eigenvalue weighted by Crippen LogP contribution is -2.51. The van der Waals surface area contributed by atoms with Crippen LogP contribution in [0.5, 0.6) is 0 Å². The summed E-state index contributed by atoms with van der Waals surface area (Å²) in [7, 11) is 0. The number of hydrogen-bond acceptors (Lipinski definition) is 3. The van der Waals surface area contributed by atoms with E-state index >= 15 is 0 Å².